The molecule has 0 spiro atoms. The first-order chi connectivity index (χ1) is 7.39. The molecule has 0 bridgehead atoms. The first-order valence-corrected chi connectivity index (χ1v) is 6.74. The fourth-order valence-corrected chi connectivity index (χ4v) is 2.16. The molecule has 0 fully saturated rings. The normalized spacial score (nSPS) is 14.4. The van der Waals surface area contributed by atoms with Crippen LogP contribution in [0, 0.1) is 5.41 Å². The molecular formula is C13H24N2S. The van der Waals surface area contributed by atoms with Gasteiger partial charge in [0.2, 0.25) is 0 Å². The smallest absolute Gasteiger partial charge is 0.0217 e. The van der Waals surface area contributed by atoms with Gasteiger partial charge in [0, 0.05) is 24.0 Å². The fraction of sp³-hybridized carbons (Fsp3) is 0.692. The zero-order chi connectivity index (χ0) is 12.2. The molecule has 0 aliphatic rings. The molecule has 0 aliphatic carbocycles. The molecule has 92 valence electrons. The predicted octanol–water partition coefficient (Wildman–Crippen LogP) is 2.60. The Balaban J connectivity index is 2.28. The van der Waals surface area contributed by atoms with Gasteiger partial charge in [0.15, 0.2) is 0 Å². The third-order valence-corrected chi connectivity index (χ3v) is 3.88. The molecule has 1 rings (SSSR count). The van der Waals surface area contributed by atoms with Crippen molar-refractivity contribution in [3.63, 3.8) is 0 Å². The third-order valence-electron chi connectivity index (χ3n) is 2.94. The van der Waals surface area contributed by atoms with E-state index in [9.17, 15) is 0 Å². The van der Waals surface area contributed by atoms with Crippen molar-refractivity contribution in [2.45, 2.75) is 33.2 Å². The maximum absolute atomic E-state index is 6.16. The van der Waals surface area contributed by atoms with E-state index >= 15 is 0 Å². The molecule has 1 unspecified atom stereocenters. The van der Waals surface area contributed by atoms with Crippen LogP contribution in [0.3, 0.4) is 0 Å². The zero-order valence-corrected chi connectivity index (χ0v) is 11.7. The summed E-state index contributed by atoms with van der Waals surface area (Å²) in [6.45, 7) is 8.65. The summed E-state index contributed by atoms with van der Waals surface area (Å²) in [6, 6.07) is 4.55. The lowest BCUT2D eigenvalue weighted by atomic mass is 9.87. The van der Waals surface area contributed by atoms with Gasteiger partial charge in [-0.1, -0.05) is 26.8 Å². The average Bonchev–Trinajstić information content (AvgIpc) is 2.65. The van der Waals surface area contributed by atoms with Crippen LogP contribution in [-0.2, 0) is 6.42 Å². The summed E-state index contributed by atoms with van der Waals surface area (Å²) < 4.78 is 0. The summed E-state index contributed by atoms with van der Waals surface area (Å²) in [7, 11) is 2.15. The summed E-state index contributed by atoms with van der Waals surface area (Å²) in [5, 5.41) is 2.14. The Labute approximate surface area is 103 Å². The number of likely N-dealkylation sites (N-methyl/N-ethyl adjacent to an activating group) is 1. The third kappa shape index (κ3) is 4.64. The van der Waals surface area contributed by atoms with Crippen molar-refractivity contribution in [1.29, 1.82) is 0 Å². The van der Waals surface area contributed by atoms with Crippen molar-refractivity contribution in [1.82, 2.24) is 4.90 Å². The Morgan fingerprint density at radius 3 is 2.62 bits per heavy atom. The number of nitrogens with two attached hydrogens (primary N) is 1. The maximum Gasteiger partial charge on any atom is 0.0217 e. The van der Waals surface area contributed by atoms with E-state index in [4.69, 9.17) is 5.73 Å². The Bertz CT molecular complexity index is 287. The second-order valence-electron chi connectivity index (χ2n) is 5.56. The highest BCUT2D eigenvalue weighted by Crippen LogP contribution is 2.18. The molecule has 0 aliphatic heterocycles. The van der Waals surface area contributed by atoms with Gasteiger partial charge in [-0.25, -0.2) is 0 Å². The quantitative estimate of drug-likeness (QED) is 0.857. The van der Waals surface area contributed by atoms with E-state index in [1.165, 1.54) is 4.88 Å². The molecule has 0 amide bonds. The van der Waals surface area contributed by atoms with Gasteiger partial charge in [-0.15, -0.1) is 11.3 Å². The summed E-state index contributed by atoms with van der Waals surface area (Å²) in [5.74, 6) is 0. The SMILES string of the molecule is CN(CCc1cccs1)CC(N)C(C)(C)C. The Morgan fingerprint density at radius 1 is 1.44 bits per heavy atom. The molecule has 1 heterocycles. The summed E-state index contributed by atoms with van der Waals surface area (Å²) in [4.78, 5) is 3.78. The number of thiophene rings is 1. The van der Waals surface area contributed by atoms with E-state index in [0.717, 1.165) is 19.5 Å². The molecule has 1 aromatic heterocycles. The summed E-state index contributed by atoms with van der Waals surface area (Å²) >= 11 is 1.83. The van der Waals surface area contributed by atoms with Crippen molar-refractivity contribution >= 4 is 11.3 Å². The van der Waals surface area contributed by atoms with Crippen LogP contribution < -0.4 is 5.73 Å². The predicted molar refractivity (Wildman–Crippen MR) is 73.0 cm³/mol. The summed E-state index contributed by atoms with van der Waals surface area (Å²) in [6.07, 6.45) is 1.13. The van der Waals surface area contributed by atoms with Crippen LogP contribution in [0.15, 0.2) is 17.5 Å². The van der Waals surface area contributed by atoms with Crippen molar-refractivity contribution in [2.75, 3.05) is 20.1 Å². The highest BCUT2D eigenvalue weighted by Gasteiger charge is 2.21. The van der Waals surface area contributed by atoms with Crippen LogP contribution >= 0.6 is 11.3 Å². The lowest BCUT2D eigenvalue weighted by Crippen LogP contribution is -2.44. The van der Waals surface area contributed by atoms with Crippen LogP contribution in [0.2, 0.25) is 0 Å². The van der Waals surface area contributed by atoms with Crippen LogP contribution in [0.1, 0.15) is 25.6 Å². The van der Waals surface area contributed by atoms with Gasteiger partial charge >= 0.3 is 0 Å². The second-order valence-corrected chi connectivity index (χ2v) is 6.60. The maximum atomic E-state index is 6.16. The standard InChI is InChI=1S/C13H24N2S/c1-13(2,3)12(14)10-15(4)8-7-11-6-5-9-16-11/h5-6,9,12H,7-8,10,14H2,1-4H3. The Morgan fingerprint density at radius 2 is 2.12 bits per heavy atom. The molecule has 0 radical (unpaired) electrons. The first-order valence-electron chi connectivity index (χ1n) is 5.86. The molecule has 0 aromatic carbocycles. The molecule has 2 nitrogen and oxygen atoms in total. The van der Waals surface area contributed by atoms with Gasteiger partial charge < -0.3 is 10.6 Å². The number of rotatable bonds is 5. The van der Waals surface area contributed by atoms with E-state index in [0.29, 0.717) is 0 Å². The molecular weight excluding hydrogens is 216 g/mol. The Hall–Kier alpha value is -0.380. The number of hydrogen-bond donors (Lipinski definition) is 1. The van der Waals surface area contributed by atoms with Gasteiger partial charge in [0.1, 0.15) is 0 Å². The number of nitrogens with zero attached hydrogens (tertiary/aromatic N) is 1. The van der Waals surface area contributed by atoms with Crippen LogP contribution in [0.5, 0.6) is 0 Å². The largest absolute Gasteiger partial charge is 0.326 e. The zero-order valence-electron chi connectivity index (χ0n) is 10.9. The van der Waals surface area contributed by atoms with E-state index < -0.39 is 0 Å². The average molecular weight is 240 g/mol. The van der Waals surface area contributed by atoms with Gasteiger partial charge in [-0.05, 0) is 30.3 Å². The molecule has 3 heteroatoms. The molecule has 16 heavy (non-hydrogen) atoms. The lowest BCUT2D eigenvalue weighted by molar-refractivity contribution is 0.229. The van der Waals surface area contributed by atoms with Gasteiger partial charge in [-0.2, -0.15) is 0 Å². The van der Waals surface area contributed by atoms with Gasteiger partial charge in [-0.3, -0.25) is 0 Å². The van der Waals surface area contributed by atoms with Crippen molar-refractivity contribution in [2.24, 2.45) is 11.1 Å². The molecule has 1 aromatic rings. The minimum absolute atomic E-state index is 0.192. The van der Waals surface area contributed by atoms with Gasteiger partial charge in [0.25, 0.3) is 0 Å². The van der Waals surface area contributed by atoms with E-state index in [2.05, 4.69) is 50.2 Å². The molecule has 1 atom stereocenters. The van der Waals surface area contributed by atoms with E-state index in [-0.39, 0.29) is 11.5 Å². The summed E-state index contributed by atoms with van der Waals surface area (Å²) in [5.41, 5.74) is 6.35. The first kappa shape index (κ1) is 13.7. The fourth-order valence-electron chi connectivity index (χ4n) is 1.46. The highest BCUT2D eigenvalue weighted by atomic mass is 32.1. The number of hydrogen-bond acceptors (Lipinski definition) is 3. The van der Waals surface area contributed by atoms with Crippen molar-refractivity contribution < 1.29 is 0 Å². The van der Waals surface area contributed by atoms with E-state index in [1.807, 2.05) is 11.3 Å². The minimum Gasteiger partial charge on any atom is -0.326 e. The topological polar surface area (TPSA) is 29.3 Å². The highest BCUT2D eigenvalue weighted by molar-refractivity contribution is 7.09. The minimum atomic E-state index is 0.192. The van der Waals surface area contributed by atoms with Crippen LogP contribution in [0.25, 0.3) is 0 Å². The molecule has 0 saturated carbocycles. The van der Waals surface area contributed by atoms with Gasteiger partial charge in [0.05, 0.1) is 0 Å². The van der Waals surface area contributed by atoms with E-state index in [1.54, 1.807) is 0 Å². The van der Waals surface area contributed by atoms with Crippen molar-refractivity contribution in [3.8, 4) is 0 Å². The molecule has 2 N–H and O–H groups in total. The lowest BCUT2D eigenvalue weighted by Gasteiger charge is -2.30. The van der Waals surface area contributed by atoms with Crippen molar-refractivity contribution in [3.05, 3.63) is 22.4 Å². The Kier molecular flexibility index (Phi) is 4.96. The monoisotopic (exact) mass is 240 g/mol. The van der Waals surface area contributed by atoms with Crippen LogP contribution in [0.4, 0.5) is 0 Å². The molecule has 0 saturated heterocycles. The van der Waals surface area contributed by atoms with Crippen LogP contribution in [-0.4, -0.2) is 31.1 Å². The second kappa shape index (κ2) is 5.80.